The second kappa shape index (κ2) is 46.8. The zero-order valence-electron chi connectivity index (χ0n) is 43.4. The van der Waals surface area contributed by atoms with Gasteiger partial charge >= 0.3 is 17.9 Å². The molecule has 0 bridgehead atoms. The summed E-state index contributed by atoms with van der Waals surface area (Å²) in [6.45, 7) is 3.84. The van der Waals surface area contributed by atoms with Crippen molar-refractivity contribution in [3.05, 3.63) is 36.5 Å². The average Bonchev–Trinajstić information content (AvgIpc) is 3.32. The van der Waals surface area contributed by atoms with Gasteiger partial charge in [-0.15, -0.1) is 0 Å². The van der Waals surface area contributed by atoms with Crippen molar-refractivity contribution in [3.63, 3.8) is 0 Å². The molecule has 396 valence electrons. The molecular weight excluding hydrogens is 861 g/mol. The van der Waals surface area contributed by atoms with Gasteiger partial charge in [-0.3, -0.25) is 9.59 Å². The highest BCUT2D eigenvalue weighted by molar-refractivity contribution is 5.73. The molecule has 1 fully saturated rings. The maximum atomic E-state index is 12.9. The van der Waals surface area contributed by atoms with E-state index in [1.54, 1.807) is 0 Å². The largest absolute Gasteiger partial charge is 0.479 e. The number of ether oxygens (including phenoxy) is 4. The normalized spacial score (nSPS) is 19.1. The SMILES string of the molecule is CCCCCCC/C=C\C/C=C\CCCCCCCCCCCC(=O)OCC(COC1OC(C(=O)O)C(O)C(O)C1O)OC(=O)CCCCCCCCCCC/C=C\CCCCCCCCCC. The third-order valence-electron chi connectivity index (χ3n) is 13.0. The van der Waals surface area contributed by atoms with E-state index in [0.717, 1.165) is 51.4 Å². The summed E-state index contributed by atoms with van der Waals surface area (Å²) >= 11 is 0. The molecule has 0 aromatic rings. The minimum atomic E-state index is -1.86. The van der Waals surface area contributed by atoms with Gasteiger partial charge in [-0.2, -0.15) is 0 Å². The lowest BCUT2D eigenvalue weighted by atomic mass is 9.99. The molecule has 0 saturated carbocycles. The van der Waals surface area contributed by atoms with Crippen molar-refractivity contribution in [2.24, 2.45) is 0 Å². The number of rotatable bonds is 48. The lowest BCUT2D eigenvalue weighted by Crippen LogP contribution is -2.60. The van der Waals surface area contributed by atoms with E-state index in [2.05, 4.69) is 50.3 Å². The van der Waals surface area contributed by atoms with E-state index >= 15 is 0 Å². The van der Waals surface area contributed by atoms with Gasteiger partial charge < -0.3 is 39.4 Å². The van der Waals surface area contributed by atoms with Crippen LogP contribution in [0.25, 0.3) is 0 Å². The van der Waals surface area contributed by atoms with Gasteiger partial charge in [0.05, 0.1) is 6.61 Å². The summed E-state index contributed by atoms with van der Waals surface area (Å²) in [6.07, 6.45) is 47.6. The number of esters is 2. The first-order chi connectivity index (χ1) is 33.2. The molecule has 6 unspecified atom stereocenters. The Morgan fingerprint density at radius 2 is 0.824 bits per heavy atom. The van der Waals surface area contributed by atoms with Gasteiger partial charge in [-0.1, -0.05) is 211 Å². The fourth-order valence-corrected chi connectivity index (χ4v) is 8.55. The molecule has 0 spiro atoms. The zero-order valence-corrected chi connectivity index (χ0v) is 43.4. The maximum Gasteiger partial charge on any atom is 0.335 e. The van der Waals surface area contributed by atoms with Crippen LogP contribution in [-0.4, -0.2) is 88.4 Å². The average molecular weight is 963 g/mol. The molecule has 0 aromatic carbocycles. The summed E-state index contributed by atoms with van der Waals surface area (Å²) in [5.74, 6) is -2.44. The van der Waals surface area contributed by atoms with Crippen molar-refractivity contribution in [2.75, 3.05) is 13.2 Å². The van der Waals surface area contributed by atoms with Crippen LogP contribution in [0.15, 0.2) is 36.5 Å². The highest BCUT2D eigenvalue weighted by Gasteiger charge is 2.47. The van der Waals surface area contributed by atoms with Crippen molar-refractivity contribution in [1.29, 1.82) is 0 Å². The number of carboxylic acid groups (broad SMARTS) is 1. The van der Waals surface area contributed by atoms with Gasteiger partial charge in [-0.05, 0) is 70.6 Å². The predicted molar refractivity (Wildman–Crippen MR) is 275 cm³/mol. The summed E-state index contributed by atoms with van der Waals surface area (Å²) in [6, 6.07) is 0. The van der Waals surface area contributed by atoms with E-state index in [9.17, 15) is 34.8 Å². The molecule has 4 N–H and O–H groups in total. The molecular formula is C57H102O11. The van der Waals surface area contributed by atoms with E-state index in [-0.39, 0.29) is 26.1 Å². The minimum Gasteiger partial charge on any atom is -0.479 e. The molecule has 1 heterocycles. The third kappa shape index (κ3) is 37.3. The Kier molecular flexibility index (Phi) is 43.7. The number of carbonyl (C=O) groups is 3. The molecule has 0 aromatic heterocycles. The van der Waals surface area contributed by atoms with E-state index in [4.69, 9.17) is 18.9 Å². The minimum absolute atomic E-state index is 0.181. The zero-order chi connectivity index (χ0) is 49.6. The van der Waals surface area contributed by atoms with Crippen LogP contribution in [0.3, 0.4) is 0 Å². The van der Waals surface area contributed by atoms with Crippen LogP contribution in [-0.2, 0) is 33.3 Å². The molecule has 0 radical (unpaired) electrons. The molecule has 11 nitrogen and oxygen atoms in total. The summed E-state index contributed by atoms with van der Waals surface area (Å²) in [5, 5.41) is 40.0. The van der Waals surface area contributed by atoms with Crippen LogP contribution >= 0.6 is 0 Å². The number of carboxylic acids is 1. The van der Waals surface area contributed by atoms with Crippen molar-refractivity contribution in [2.45, 2.75) is 295 Å². The van der Waals surface area contributed by atoms with Crippen molar-refractivity contribution < 1.29 is 53.8 Å². The van der Waals surface area contributed by atoms with Gasteiger partial charge in [0.25, 0.3) is 0 Å². The Labute approximate surface area is 414 Å². The Morgan fingerprint density at radius 3 is 1.24 bits per heavy atom. The van der Waals surface area contributed by atoms with Crippen LogP contribution in [0.5, 0.6) is 0 Å². The lowest BCUT2D eigenvalue weighted by Gasteiger charge is -2.38. The topological polar surface area (TPSA) is 169 Å². The Hall–Kier alpha value is -2.57. The van der Waals surface area contributed by atoms with Crippen LogP contribution in [0.2, 0.25) is 0 Å². The number of aliphatic carboxylic acids is 1. The van der Waals surface area contributed by atoms with E-state index in [0.29, 0.717) is 12.8 Å². The second-order valence-corrected chi connectivity index (χ2v) is 19.4. The predicted octanol–water partition coefficient (Wildman–Crippen LogP) is 13.9. The lowest BCUT2D eigenvalue weighted by molar-refractivity contribution is -0.298. The van der Waals surface area contributed by atoms with Crippen molar-refractivity contribution in [1.82, 2.24) is 0 Å². The fraction of sp³-hybridized carbons (Fsp3) is 0.842. The number of aliphatic hydroxyl groups is 3. The molecule has 0 aliphatic carbocycles. The standard InChI is InChI=1S/C57H102O11/c1-3-5-7-9-11-13-15-17-19-21-23-25-27-29-31-33-35-37-39-41-43-45-50(58)65-47-49(48-66-57-54(62)52(60)53(61)55(68-57)56(63)64)67-51(59)46-44-42-40-38-36-34-32-30-28-26-24-22-20-18-16-14-12-10-8-6-4-2/h15,17,21-24,49,52-55,57,60-62H,3-14,16,18-20,25-48H2,1-2H3,(H,63,64)/b17-15-,23-21-,24-22-. The molecule has 11 heteroatoms. The number of aliphatic hydroxyl groups excluding tert-OH is 3. The van der Waals surface area contributed by atoms with Crippen molar-refractivity contribution in [3.8, 4) is 0 Å². The molecule has 1 aliphatic heterocycles. The molecule has 1 saturated heterocycles. The molecule has 1 aliphatic rings. The van der Waals surface area contributed by atoms with E-state index in [1.807, 2.05) is 0 Å². The smallest absolute Gasteiger partial charge is 0.335 e. The maximum absolute atomic E-state index is 12.9. The number of hydrogen-bond acceptors (Lipinski definition) is 10. The van der Waals surface area contributed by atoms with Crippen LogP contribution < -0.4 is 0 Å². The molecule has 6 atom stereocenters. The first-order valence-corrected chi connectivity index (χ1v) is 28.0. The Morgan fingerprint density at radius 1 is 0.456 bits per heavy atom. The Bertz CT molecular complexity index is 1270. The second-order valence-electron chi connectivity index (χ2n) is 19.4. The van der Waals surface area contributed by atoms with Gasteiger partial charge in [0, 0.05) is 12.8 Å². The van der Waals surface area contributed by atoms with Gasteiger partial charge in [0.15, 0.2) is 18.5 Å². The fourth-order valence-electron chi connectivity index (χ4n) is 8.55. The van der Waals surface area contributed by atoms with Crippen LogP contribution in [0.4, 0.5) is 0 Å². The number of carbonyl (C=O) groups excluding carboxylic acids is 2. The monoisotopic (exact) mass is 963 g/mol. The molecule has 68 heavy (non-hydrogen) atoms. The highest BCUT2D eigenvalue weighted by Crippen LogP contribution is 2.23. The van der Waals surface area contributed by atoms with Gasteiger partial charge in [-0.25, -0.2) is 4.79 Å². The number of allylic oxidation sites excluding steroid dienone is 6. The van der Waals surface area contributed by atoms with Crippen LogP contribution in [0.1, 0.15) is 258 Å². The summed E-state index contributed by atoms with van der Waals surface area (Å²) in [4.78, 5) is 37.1. The quantitative estimate of drug-likeness (QED) is 0.0260. The third-order valence-corrected chi connectivity index (χ3v) is 13.0. The first kappa shape index (κ1) is 63.4. The summed E-state index contributed by atoms with van der Waals surface area (Å²) in [5.41, 5.74) is 0. The van der Waals surface area contributed by atoms with E-state index in [1.165, 1.54) is 167 Å². The molecule has 1 rings (SSSR count). The Balaban J connectivity index is 2.26. The van der Waals surface area contributed by atoms with Crippen molar-refractivity contribution >= 4 is 17.9 Å². The first-order valence-electron chi connectivity index (χ1n) is 28.0. The summed E-state index contributed by atoms with van der Waals surface area (Å²) < 4.78 is 21.9. The summed E-state index contributed by atoms with van der Waals surface area (Å²) in [7, 11) is 0. The van der Waals surface area contributed by atoms with Crippen LogP contribution in [0, 0.1) is 0 Å². The molecule has 0 amide bonds. The van der Waals surface area contributed by atoms with Gasteiger partial charge in [0.1, 0.15) is 24.9 Å². The number of unbranched alkanes of at least 4 members (excludes halogenated alkanes) is 31. The number of hydrogen-bond donors (Lipinski definition) is 4. The van der Waals surface area contributed by atoms with Gasteiger partial charge in [0.2, 0.25) is 0 Å². The van der Waals surface area contributed by atoms with E-state index < -0.39 is 54.7 Å². The highest BCUT2D eigenvalue weighted by atomic mass is 16.7.